The molecule has 0 atom stereocenters. The molecule has 168 valence electrons. The monoisotopic (exact) mass is 477 g/mol. The van der Waals surface area contributed by atoms with Gasteiger partial charge in [-0.25, -0.2) is 4.98 Å². The summed E-state index contributed by atoms with van der Waals surface area (Å²) in [6.45, 7) is 2.99. The Kier molecular flexibility index (Phi) is 5.95. The molecule has 4 heterocycles. The molecule has 1 aliphatic rings. The van der Waals surface area contributed by atoms with E-state index in [1.807, 2.05) is 54.1 Å². The van der Waals surface area contributed by atoms with Gasteiger partial charge in [0.05, 0.1) is 11.7 Å². The molecular weight excluding hydrogens is 454 g/mol. The van der Waals surface area contributed by atoms with Crippen molar-refractivity contribution in [3.63, 3.8) is 0 Å². The Morgan fingerprint density at radius 1 is 1.09 bits per heavy atom. The van der Waals surface area contributed by atoms with E-state index < -0.39 is 0 Å². The Morgan fingerprint density at radius 3 is 2.55 bits per heavy atom. The van der Waals surface area contributed by atoms with Crippen LogP contribution in [-0.4, -0.2) is 39.2 Å². The Balaban J connectivity index is 1.27. The van der Waals surface area contributed by atoms with Gasteiger partial charge in [-0.1, -0.05) is 35.9 Å². The number of Topliss-reactive ketones (excluding diaryl/α,β-unsaturated/α-hetero) is 1. The zero-order chi connectivity index (χ0) is 22.9. The van der Waals surface area contributed by atoms with Crippen LogP contribution in [-0.2, 0) is 11.3 Å². The molecule has 1 saturated heterocycles. The molecule has 33 heavy (non-hydrogen) atoms. The lowest BCUT2D eigenvalue weighted by Crippen LogP contribution is -2.42. The molecule has 8 heteroatoms. The second-order valence-corrected chi connectivity index (χ2v) is 10.2. The fourth-order valence-corrected chi connectivity index (χ4v) is 6.00. The minimum absolute atomic E-state index is 0.0436. The minimum Gasteiger partial charge on any atom is -0.341 e. The van der Waals surface area contributed by atoms with Gasteiger partial charge in [-0.15, -0.1) is 22.7 Å². The summed E-state index contributed by atoms with van der Waals surface area (Å²) in [7, 11) is 0. The van der Waals surface area contributed by atoms with Crippen LogP contribution >= 0.6 is 22.7 Å². The standard InChI is InChI=1S/C25H23N3O3S2/c1-16-4-6-17(7-5-16)23(30)18-8-10-27(11-9-18)21(29)13-28-15-26-24-22(25(28)31)19(14-33-24)20-3-2-12-32-20/h2-7,12,14-15,18H,8-11,13H2,1H3. The summed E-state index contributed by atoms with van der Waals surface area (Å²) in [5.41, 5.74) is 2.54. The predicted octanol–water partition coefficient (Wildman–Crippen LogP) is 4.62. The first-order valence-electron chi connectivity index (χ1n) is 10.9. The van der Waals surface area contributed by atoms with Crippen molar-refractivity contribution in [2.75, 3.05) is 13.1 Å². The zero-order valence-electron chi connectivity index (χ0n) is 18.2. The molecule has 1 aliphatic heterocycles. The molecule has 0 saturated carbocycles. The Bertz CT molecular complexity index is 1360. The number of aromatic nitrogens is 2. The number of carbonyl (C=O) groups excluding carboxylic acids is 2. The van der Waals surface area contributed by atoms with Crippen molar-refractivity contribution in [3.8, 4) is 10.4 Å². The molecule has 1 amide bonds. The van der Waals surface area contributed by atoms with Crippen LogP contribution in [0.2, 0.25) is 0 Å². The molecule has 0 unspecified atom stereocenters. The molecule has 0 radical (unpaired) electrons. The minimum atomic E-state index is -0.192. The lowest BCUT2D eigenvalue weighted by atomic mass is 9.88. The molecule has 5 rings (SSSR count). The van der Waals surface area contributed by atoms with E-state index in [-0.39, 0.29) is 29.7 Å². The molecule has 0 N–H and O–H groups in total. The number of aryl methyl sites for hydroxylation is 1. The molecule has 0 bridgehead atoms. The number of benzene rings is 1. The summed E-state index contributed by atoms with van der Waals surface area (Å²) in [6, 6.07) is 11.6. The summed E-state index contributed by atoms with van der Waals surface area (Å²) in [4.78, 5) is 46.8. The van der Waals surface area contributed by atoms with Crippen molar-refractivity contribution in [1.82, 2.24) is 14.5 Å². The van der Waals surface area contributed by atoms with E-state index in [1.54, 1.807) is 16.2 Å². The molecule has 4 aromatic rings. The highest BCUT2D eigenvalue weighted by Crippen LogP contribution is 2.33. The highest BCUT2D eigenvalue weighted by atomic mass is 32.1. The van der Waals surface area contributed by atoms with E-state index in [2.05, 4.69) is 4.98 Å². The van der Waals surface area contributed by atoms with Crippen molar-refractivity contribution >= 4 is 44.6 Å². The highest BCUT2D eigenvalue weighted by molar-refractivity contribution is 7.18. The third-order valence-electron chi connectivity index (χ3n) is 6.21. The van der Waals surface area contributed by atoms with Crippen molar-refractivity contribution in [2.45, 2.75) is 26.3 Å². The van der Waals surface area contributed by atoms with Crippen LogP contribution in [0.3, 0.4) is 0 Å². The fraction of sp³-hybridized carbons (Fsp3) is 0.280. The van der Waals surface area contributed by atoms with Crippen molar-refractivity contribution in [1.29, 1.82) is 0 Å². The van der Waals surface area contributed by atoms with E-state index in [0.717, 1.165) is 21.6 Å². The van der Waals surface area contributed by atoms with Gasteiger partial charge < -0.3 is 4.90 Å². The lowest BCUT2D eigenvalue weighted by molar-refractivity contribution is -0.133. The topological polar surface area (TPSA) is 72.3 Å². The van der Waals surface area contributed by atoms with Gasteiger partial charge in [-0.05, 0) is 31.2 Å². The number of hydrogen-bond donors (Lipinski definition) is 0. The third-order valence-corrected chi connectivity index (χ3v) is 8.00. The number of piperidine rings is 1. The Morgan fingerprint density at radius 2 is 1.85 bits per heavy atom. The van der Waals surface area contributed by atoms with Crippen LogP contribution in [0.25, 0.3) is 20.7 Å². The van der Waals surface area contributed by atoms with Crippen LogP contribution in [0.1, 0.15) is 28.8 Å². The van der Waals surface area contributed by atoms with Gasteiger partial charge in [0, 0.05) is 40.4 Å². The summed E-state index contributed by atoms with van der Waals surface area (Å²) in [5, 5.41) is 4.50. The van der Waals surface area contributed by atoms with Gasteiger partial charge in [0.25, 0.3) is 5.56 Å². The van der Waals surface area contributed by atoms with Crippen LogP contribution in [0, 0.1) is 12.8 Å². The van der Waals surface area contributed by atoms with Crippen LogP contribution in [0.4, 0.5) is 0 Å². The number of thiophene rings is 2. The van der Waals surface area contributed by atoms with Gasteiger partial charge in [-0.3, -0.25) is 19.0 Å². The fourth-order valence-electron chi connectivity index (χ4n) is 4.28. The molecule has 3 aromatic heterocycles. The second kappa shape index (κ2) is 9.03. The smallest absolute Gasteiger partial charge is 0.263 e. The number of likely N-dealkylation sites (tertiary alicyclic amines) is 1. The highest BCUT2D eigenvalue weighted by Gasteiger charge is 2.28. The molecule has 0 aliphatic carbocycles. The van der Waals surface area contributed by atoms with E-state index in [9.17, 15) is 14.4 Å². The summed E-state index contributed by atoms with van der Waals surface area (Å²) < 4.78 is 1.40. The predicted molar refractivity (Wildman–Crippen MR) is 132 cm³/mol. The SMILES string of the molecule is Cc1ccc(C(=O)C2CCN(C(=O)Cn3cnc4scc(-c5cccs5)c4c3=O)CC2)cc1. The van der Waals surface area contributed by atoms with E-state index >= 15 is 0 Å². The average molecular weight is 478 g/mol. The van der Waals surface area contributed by atoms with Gasteiger partial charge >= 0.3 is 0 Å². The molecule has 0 spiro atoms. The van der Waals surface area contributed by atoms with Crippen LogP contribution < -0.4 is 5.56 Å². The Hall–Kier alpha value is -3.10. The second-order valence-electron chi connectivity index (χ2n) is 8.37. The van der Waals surface area contributed by atoms with Gasteiger partial charge in [0.2, 0.25) is 5.91 Å². The maximum Gasteiger partial charge on any atom is 0.263 e. The quantitative estimate of drug-likeness (QED) is 0.393. The van der Waals surface area contributed by atoms with Crippen LogP contribution in [0.15, 0.2) is 58.3 Å². The van der Waals surface area contributed by atoms with Crippen LogP contribution in [0.5, 0.6) is 0 Å². The van der Waals surface area contributed by atoms with E-state index in [4.69, 9.17) is 0 Å². The molecular formula is C25H23N3O3S2. The van der Waals surface area contributed by atoms with Gasteiger partial charge in [0.15, 0.2) is 5.78 Å². The first-order valence-corrected chi connectivity index (χ1v) is 12.7. The summed E-state index contributed by atoms with van der Waals surface area (Å²) in [6.07, 6.45) is 2.74. The normalized spacial score (nSPS) is 14.6. The van der Waals surface area contributed by atoms with Crippen molar-refractivity contribution in [3.05, 3.63) is 75.0 Å². The van der Waals surface area contributed by atoms with Crippen molar-refractivity contribution in [2.24, 2.45) is 5.92 Å². The maximum atomic E-state index is 13.2. The number of rotatable bonds is 5. The number of nitrogens with zero attached hydrogens (tertiary/aromatic N) is 3. The van der Waals surface area contributed by atoms with Gasteiger partial charge in [-0.2, -0.15) is 0 Å². The first kappa shape index (κ1) is 21.7. The number of hydrogen-bond acceptors (Lipinski definition) is 6. The number of carbonyl (C=O) groups is 2. The van der Waals surface area contributed by atoms with E-state index in [0.29, 0.717) is 36.1 Å². The summed E-state index contributed by atoms with van der Waals surface area (Å²) >= 11 is 3.01. The zero-order valence-corrected chi connectivity index (χ0v) is 19.8. The molecule has 6 nitrogen and oxygen atoms in total. The number of fused-ring (bicyclic) bond motifs is 1. The van der Waals surface area contributed by atoms with Gasteiger partial charge in [0.1, 0.15) is 11.4 Å². The van der Waals surface area contributed by atoms with E-state index in [1.165, 1.54) is 22.2 Å². The molecule has 1 fully saturated rings. The number of amides is 1. The lowest BCUT2D eigenvalue weighted by Gasteiger charge is -2.31. The maximum absolute atomic E-state index is 13.2. The Labute approximate surface area is 199 Å². The third kappa shape index (κ3) is 4.28. The first-order chi connectivity index (χ1) is 16.0. The number of ketones is 1. The summed E-state index contributed by atoms with van der Waals surface area (Å²) in [5.74, 6) is -0.0458. The average Bonchev–Trinajstić information content (AvgIpc) is 3.51. The molecule has 1 aromatic carbocycles. The van der Waals surface area contributed by atoms with Crippen molar-refractivity contribution < 1.29 is 9.59 Å². The largest absolute Gasteiger partial charge is 0.341 e.